The van der Waals surface area contributed by atoms with Gasteiger partial charge in [-0.05, 0) is 23.8 Å². The van der Waals surface area contributed by atoms with Crippen molar-refractivity contribution in [3.8, 4) is 17.2 Å². The highest BCUT2D eigenvalue weighted by Gasteiger charge is 2.45. The number of hydrogen-bond acceptors (Lipinski definition) is 10. The van der Waals surface area contributed by atoms with Crippen molar-refractivity contribution >= 4 is 12.0 Å². The molecule has 6 N–H and O–H groups in total. The van der Waals surface area contributed by atoms with E-state index in [9.17, 15) is 30.3 Å². The van der Waals surface area contributed by atoms with Crippen molar-refractivity contribution < 1.29 is 49.6 Å². The van der Waals surface area contributed by atoms with Gasteiger partial charge in [0.1, 0.15) is 24.4 Å². The number of carbonyl (C=O) groups is 1. The Morgan fingerprint density at radius 3 is 2.50 bits per heavy atom. The van der Waals surface area contributed by atoms with Gasteiger partial charge in [-0.1, -0.05) is 0 Å². The van der Waals surface area contributed by atoms with Crippen LogP contribution in [0.4, 0.5) is 0 Å². The van der Waals surface area contributed by atoms with E-state index in [1.54, 1.807) is 0 Å². The summed E-state index contributed by atoms with van der Waals surface area (Å²) in [6, 6.07) is 2.53. The Morgan fingerprint density at radius 1 is 1.19 bits per heavy atom. The van der Waals surface area contributed by atoms with Crippen molar-refractivity contribution in [1.29, 1.82) is 0 Å². The monoisotopic (exact) mass is 372 g/mol. The number of benzene rings is 1. The summed E-state index contributed by atoms with van der Waals surface area (Å²) in [6.07, 6.45) is -5.53. The number of hydrogen-bond donors (Lipinski definition) is 6. The highest BCUT2D eigenvalue weighted by atomic mass is 16.7. The molecule has 0 unspecified atom stereocenters. The zero-order valence-electron chi connectivity index (χ0n) is 13.7. The van der Waals surface area contributed by atoms with Gasteiger partial charge in [-0.25, -0.2) is 4.79 Å². The first-order valence-electron chi connectivity index (χ1n) is 7.57. The molecule has 1 aliphatic heterocycles. The summed E-state index contributed by atoms with van der Waals surface area (Å²) >= 11 is 0. The van der Waals surface area contributed by atoms with Crippen molar-refractivity contribution in [3.63, 3.8) is 0 Å². The Labute approximate surface area is 148 Å². The van der Waals surface area contributed by atoms with E-state index < -0.39 is 54.8 Å². The first kappa shape index (κ1) is 19.9. The molecule has 0 spiro atoms. The Hall–Kier alpha value is -2.37. The van der Waals surface area contributed by atoms with Crippen LogP contribution in [0.2, 0.25) is 0 Å². The first-order valence-corrected chi connectivity index (χ1v) is 7.57. The third kappa shape index (κ3) is 4.23. The molecule has 1 fully saturated rings. The SMILES string of the molecule is COc1cc(C=CC(=O)O[C@@H]2O[C@H](CO)[C@@H](O)[C@H](O)[C@H]2O)cc(O)c1O. The van der Waals surface area contributed by atoms with Crippen molar-refractivity contribution in [2.24, 2.45) is 0 Å². The number of phenolic OH excluding ortho intramolecular Hbond substituents is 2. The van der Waals surface area contributed by atoms with Crippen LogP contribution in [0.5, 0.6) is 17.2 Å². The Morgan fingerprint density at radius 2 is 1.88 bits per heavy atom. The summed E-state index contributed by atoms with van der Waals surface area (Å²) in [7, 11) is 1.29. The molecule has 144 valence electrons. The molecule has 0 aromatic heterocycles. The maximum atomic E-state index is 11.9. The zero-order chi connectivity index (χ0) is 19.4. The number of rotatable bonds is 5. The zero-order valence-corrected chi connectivity index (χ0v) is 13.7. The Kier molecular flexibility index (Phi) is 6.40. The summed E-state index contributed by atoms with van der Waals surface area (Å²) in [5, 5.41) is 57.3. The number of methoxy groups -OCH3 is 1. The number of carbonyl (C=O) groups excluding carboxylic acids is 1. The molecule has 1 heterocycles. The van der Waals surface area contributed by atoms with Crippen LogP contribution < -0.4 is 4.74 Å². The maximum absolute atomic E-state index is 11.9. The summed E-state index contributed by atoms with van der Waals surface area (Å²) in [5.74, 6) is -1.87. The van der Waals surface area contributed by atoms with Crippen molar-refractivity contribution in [2.75, 3.05) is 13.7 Å². The highest BCUT2D eigenvalue weighted by Crippen LogP contribution is 2.36. The van der Waals surface area contributed by atoms with Crippen LogP contribution in [0, 0.1) is 0 Å². The van der Waals surface area contributed by atoms with Gasteiger partial charge in [0, 0.05) is 6.08 Å². The number of aliphatic hydroxyl groups is 4. The van der Waals surface area contributed by atoms with Gasteiger partial charge in [-0.3, -0.25) is 0 Å². The van der Waals surface area contributed by atoms with Crippen LogP contribution in [-0.2, 0) is 14.3 Å². The molecule has 26 heavy (non-hydrogen) atoms. The second-order valence-electron chi connectivity index (χ2n) is 5.56. The fourth-order valence-corrected chi connectivity index (χ4v) is 2.35. The van der Waals surface area contributed by atoms with Gasteiger partial charge in [0.15, 0.2) is 11.5 Å². The van der Waals surface area contributed by atoms with Crippen LogP contribution in [0.1, 0.15) is 5.56 Å². The topological polar surface area (TPSA) is 166 Å². The van der Waals surface area contributed by atoms with Gasteiger partial charge in [-0.15, -0.1) is 0 Å². The minimum Gasteiger partial charge on any atom is -0.504 e. The average molecular weight is 372 g/mol. The Bertz CT molecular complexity index is 671. The molecular formula is C16H20O10. The maximum Gasteiger partial charge on any atom is 0.333 e. The van der Waals surface area contributed by atoms with E-state index in [-0.39, 0.29) is 5.75 Å². The number of esters is 1. The highest BCUT2D eigenvalue weighted by molar-refractivity contribution is 5.87. The van der Waals surface area contributed by atoms with Crippen LogP contribution in [0.3, 0.4) is 0 Å². The second kappa shape index (κ2) is 8.34. The standard InChI is InChI=1S/C16H20O10/c1-24-9-5-7(4-8(18)12(9)20)2-3-11(19)26-16-15(23)14(22)13(21)10(6-17)25-16/h2-5,10,13-18,20-23H,6H2,1H3/t10-,13-,14+,15-,16+/m1/s1. The van der Waals surface area contributed by atoms with Crippen molar-refractivity contribution in [1.82, 2.24) is 0 Å². The largest absolute Gasteiger partial charge is 0.504 e. The van der Waals surface area contributed by atoms with Gasteiger partial charge in [0.2, 0.25) is 12.0 Å². The molecule has 10 nitrogen and oxygen atoms in total. The molecule has 5 atom stereocenters. The Balaban J connectivity index is 2.06. The van der Waals surface area contributed by atoms with Crippen molar-refractivity contribution in [3.05, 3.63) is 23.8 Å². The normalized spacial score (nSPS) is 28.9. The lowest BCUT2D eigenvalue weighted by Crippen LogP contribution is -2.59. The summed E-state index contributed by atoms with van der Waals surface area (Å²) in [5.41, 5.74) is 0.308. The molecule has 1 aromatic carbocycles. The van der Waals surface area contributed by atoms with E-state index in [1.165, 1.54) is 25.3 Å². The molecule has 1 aliphatic rings. The van der Waals surface area contributed by atoms with Crippen LogP contribution in [0.25, 0.3) is 6.08 Å². The molecule has 0 radical (unpaired) electrons. The van der Waals surface area contributed by atoms with Gasteiger partial charge in [0.25, 0.3) is 0 Å². The van der Waals surface area contributed by atoms with E-state index >= 15 is 0 Å². The molecule has 10 heteroatoms. The van der Waals surface area contributed by atoms with Crippen LogP contribution in [-0.4, -0.2) is 81.0 Å². The number of ether oxygens (including phenoxy) is 3. The van der Waals surface area contributed by atoms with Gasteiger partial charge < -0.3 is 44.8 Å². The van der Waals surface area contributed by atoms with E-state index in [0.29, 0.717) is 5.56 Å². The summed E-state index contributed by atoms with van der Waals surface area (Å²) in [6.45, 7) is -0.651. The fraction of sp³-hybridized carbons (Fsp3) is 0.438. The van der Waals surface area contributed by atoms with Gasteiger partial charge >= 0.3 is 5.97 Å². The van der Waals surface area contributed by atoms with Crippen LogP contribution >= 0.6 is 0 Å². The number of aliphatic hydroxyl groups excluding tert-OH is 4. The van der Waals surface area contributed by atoms with Gasteiger partial charge in [0.05, 0.1) is 13.7 Å². The number of phenols is 2. The molecule has 0 amide bonds. The van der Waals surface area contributed by atoms with Crippen LogP contribution in [0.15, 0.2) is 18.2 Å². The predicted molar refractivity (Wildman–Crippen MR) is 85.2 cm³/mol. The minimum atomic E-state index is -1.71. The quantitative estimate of drug-likeness (QED) is 0.203. The summed E-state index contributed by atoms with van der Waals surface area (Å²) in [4.78, 5) is 11.9. The van der Waals surface area contributed by atoms with Crippen molar-refractivity contribution in [2.45, 2.75) is 30.7 Å². The van der Waals surface area contributed by atoms with E-state index in [2.05, 4.69) is 0 Å². The lowest BCUT2D eigenvalue weighted by atomic mass is 9.99. The first-order chi connectivity index (χ1) is 12.3. The second-order valence-corrected chi connectivity index (χ2v) is 5.56. The molecule has 0 aliphatic carbocycles. The van der Waals surface area contributed by atoms with E-state index in [4.69, 9.17) is 19.3 Å². The lowest BCUT2D eigenvalue weighted by molar-refractivity contribution is -0.291. The number of aromatic hydroxyl groups is 2. The molecule has 0 bridgehead atoms. The molecular weight excluding hydrogens is 352 g/mol. The molecule has 1 aromatic rings. The minimum absolute atomic E-state index is 0.00745. The molecule has 2 rings (SSSR count). The average Bonchev–Trinajstić information content (AvgIpc) is 2.62. The van der Waals surface area contributed by atoms with Gasteiger partial charge in [-0.2, -0.15) is 0 Å². The van der Waals surface area contributed by atoms with E-state index in [0.717, 1.165) is 6.08 Å². The summed E-state index contributed by atoms with van der Waals surface area (Å²) < 4.78 is 14.8. The third-order valence-corrected chi connectivity index (χ3v) is 3.79. The predicted octanol–water partition coefficient (Wildman–Crippen LogP) is -1.54. The smallest absolute Gasteiger partial charge is 0.333 e. The fourth-order valence-electron chi connectivity index (χ4n) is 2.35. The third-order valence-electron chi connectivity index (χ3n) is 3.79. The lowest BCUT2D eigenvalue weighted by Gasteiger charge is -2.38. The molecule has 0 saturated carbocycles. The molecule has 1 saturated heterocycles. The van der Waals surface area contributed by atoms with E-state index in [1.807, 2.05) is 0 Å².